The second kappa shape index (κ2) is 12.1. The predicted molar refractivity (Wildman–Crippen MR) is 150 cm³/mol. The van der Waals surface area contributed by atoms with Gasteiger partial charge in [-0.3, -0.25) is 9.59 Å². The van der Waals surface area contributed by atoms with E-state index >= 15 is 0 Å². The number of nitrogens with one attached hydrogen (secondary N) is 1. The minimum atomic E-state index is -3.36. The summed E-state index contributed by atoms with van der Waals surface area (Å²) < 4.78 is 29.8. The van der Waals surface area contributed by atoms with Crippen molar-refractivity contribution in [1.82, 2.24) is 5.32 Å². The molecule has 1 amide bonds. The van der Waals surface area contributed by atoms with Crippen LogP contribution in [0.15, 0.2) is 95.9 Å². The van der Waals surface area contributed by atoms with Crippen molar-refractivity contribution >= 4 is 33.3 Å². The summed E-state index contributed by atoms with van der Waals surface area (Å²) in [6.45, 7) is 0.475. The van der Waals surface area contributed by atoms with Crippen LogP contribution in [0.5, 0.6) is 11.5 Å². The maximum Gasteiger partial charge on any atom is 0.307 e. The topological polar surface area (TPSA) is 110 Å². The fourth-order valence-corrected chi connectivity index (χ4v) is 4.69. The number of hydrogen-bond acceptors (Lipinski definition) is 5. The maximum absolute atomic E-state index is 12.6. The number of ether oxygens (including phenoxy) is 1. The van der Waals surface area contributed by atoms with Crippen molar-refractivity contribution in [2.75, 3.05) is 12.8 Å². The molecule has 0 unspecified atom stereocenters. The Morgan fingerprint density at radius 1 is 0.872 bits per heavy atom. The average molecular weight is 564 g/mol. The maximum atomic E-state index is 12.6. The summed E-state index contributed by atoms with van der Waals surface area (Å²) in [6, 6.07) is 25.5. The molecule has 200 valence electrons. The van der Waals surface area contributed by atoms with Gasteiger partial charge in [0.25, 0.3) is 5.91 Å². The van der Waals surface area contributed by atoms with E-state index in [1.165, 1.54) is 12.1 Å². The highest BCUT2D eigenvalue weighted by atomic mass is 35.5. The van der Waals surface area contributed by atoms with Crippen LogP contribution < -0.4 is 10.1 Å². The summed E-state index contributed by atoms with van der Waals surface area (Å²) in [7, 11) is -3.36. The van der Waals surface area contributed by atoms with Crippen LogP contribution in [0.25, 0.3) is 11.1 Å². The van der Waals surface area contributed by atoms with Gasteiger partial charge in [0.05, 0.1) is 11.3 Å². The summed E-state index contributed by atoms with van der Waals surface area (Å²) in [5.41, 5.74) is 3.40. The van der Waals surface area contributed by atoms with Crippen LogP contribution in [0, 0.1) is 0 Å². The second-order valence-electron chi connectivity index (χ2n) is 8.96. The van der Waals surface area contributed by atoms with Gasteiger partial charge in [0.15, 0.2) is 9.84 Å². The van der Waals surface area contributed by atoms with Gasteiger partial charge in [0, 0.05) is 29.0 Å². The fraction of sp³-hybridized carbons (Fsp3) is 0.133. The van der Waals surface area contributed by atoms with E-state index in [2.05, 4.69) is 5.32 Å². The molecule has 0 saturated heterocycles. The Bertz CT molecular complexity index is 1580. The number of halogens is 1. The lowest BCUT2D eigenvalue weighted by atomic mass is 10.0. The van der Waals surface area contributed by atoms with Crippen LogP contribution in [0.3, 0.4) is 0 Å². The first-order valence-electron chi connectivity index (χ1n) is 12.0. The van der Waals surface area contributed by atoms with Gasteiger partial charge in [-0.05, 0) is 83.8 Å². The highest BCUT2D eigenvalue weighted by Crippen LogP contribution is 2.35. The monoisotopic (exact) mass is 563 g/mol. The van der Waals surface area contributed by atoms with Crippen LogP contribution >= 0.6 is 11.6 Å². The van der Waals surface area contributed by atoms with Crippen molar-refractivity contribution in [3.05, 3.63) is 113 Å². The molecule has 0 aliphatic carbocycles. The number of carboxylic acid groups (broad SMARTS) is 1. The Morgan fingerprint density at radius 2 is 1.51 bits per heavy atom. The van der Waals surface area contributed by atoms with Crippen LogP contribution in [-0.2, 0) is 27.5 Å². The fourth-order valence-electron chi connectivity index (χ4n) is 3.93. The SMILES string of the molecule is CS(=O)(=O)c1ccc(-c2cc(CC(=O)O)ccc2Oc2ccc(C(=O)NCCc3ccc(Cl)cc3)cc2)cc1. The number of benzene rings is 4. The molecule has 7 nitrogen and oxygen atoms in total. The number of rotatable bonds is 10. The van der Waals surface area contributed by atoms with Crippen LogP contribution in [0.2, 0.25) is 5.02 Å². The van der Waals surface area contributed by atoms with Gasteiger partial charge in [0.2, 0.25) is 0 Å². The summed E-state index contributed by atoms with van der Waals surface area (Å²) in [6.07, 6.45) is 1.64. The molecule has 9 heteroatoms. The van der Waals surface area contributed by atoms with Crippen LogP contribution in [0.4, 0.5) is 0 Å². The summed E-state index contributed by atoms with van der Waals surface area (Å²) >= 11 is 5.90. The van der Waals surface area contributed by atoms with Crippen molar-refractivity contribution in [2.24, 2.45) is 0 Å². The van der Waals surface area contributed by atoms with Gasteiger partial charge in [-0.1, -0.05) is 41.9 Å². The van der Waals surface area contributed by atoms with Crippen LogP contribution in [-0.4, -0.2) is 38.2 Å². The van der Waals surface area contributed by atoms with Gasteiger partial charge in [-0.25, -0.2) is 8.42 Å². The number of carbonyl (C=O) groups is 2. The largest absolute Gasteiger partial charge is 0.481 e. The molecule has 0 heterocycles. The molecule has 4 aromatic rings. The summed E-state index contributed by atoms with van der Waals surface area (Å²) in [5.74, 6) is -0.242. The Labute approximate surface area is 232 Å². The number of carboxylic acids is 1. The first kappa shape index (κ1) is 27.9. The van der Waals surface area contributed by atoms with Crippen molar-refractivity contribution in [3.63, 3.8) is 0 Å². The van der Waals surface area contributed by atoms with Gasteiger partial charge in [0.1, 0.15) is 11.5 Å². The van der Waals surface area contributed by atoms with Crippen molar-refractivity contribution in [1.29, 1.82) is 0 Å². The van der Waals surface area contributed by atoms with Crippen molar-refractivity contribution < 1.29 is 27.9 Å². The lowest BCUT2D eigenvalue weighted by Gasteiger charge is -2.14. The van der Waals surface area contributed by atoms with E-state index in [1.807, 2.05) is 24.3 Å². The Hall–Kier alpha value is -4.14. The van der Waals surface area contributed by atoms with Gasteiger partial charge >= 0.3 is 5.97 Å². The van der Waals surface area contributed by atoms with E-state index < -0.39 is 15.8 Å². The lowest BCUT2D eigenvalue weighted by molar-refractivity contribution is -0.136. The normalized spacial score (nSPS) is 11.1. The van der Waals surface area contributed by atoms with Crippen molar-refractivity contribution in [3.8, 4) is 22.6 Å². The third-order valence-corrected chi connectivity index (χ3v) is 7.33. The van der Waals surface area contributed by atoms with E-state index in [4.69, 9.17) is 16.3 Å². The molecule has 0 atom stereocenters. The number of aliphatic carboxylic acids is 1. The number of amides is 1. The smallest absolute Gasteiger partial charge is 0.307 e. The van der Waals surface area contributed by atoms with E-state index in [-0.39, 0.29) is 17.2 Å². The molecular weight excluding hydrogens is 538 g/mol. The molecule has 0 aromatic heterocycles. The first-order valence-corrected chi connectivity index (χ1v) is 14.3. The van der Waals surface area contributed by atoms with Gasteiger partial charge in [-0.2, -0.15) is 0 Å². The third-order valence-electron chi connectivity index (χ3n) is 5.95. The summed E-state index contributed by atoms with van der Waals surface area (Å²) in [5, 5.41) is 12.8. The highest BCUT2D eigenvalue weighted by Gasteiger charge is 2.14. The molecule has 0 aliphatic rings. The Balaban J connectivity index is 1.49. The molecule has 0 bridgehead atoms. The number of carbonyl (C=O) groups excluding carboxylic acids is 1. The minimum Gasteiger partial charge on any atom is -0.481 e. The zero-order valence-electron chi connectivity index (χ0n) is 21.1. The minimum absolute atomic E-state index is 0.170. The zero-order valence-corrected chi connectivity index (χ0v) is 22.6. The molecule has 0 radical (unpaired) electrons. The second-order valence-corrected chi connectivity index (χ2v) is 11.4. The molecule has 0 fully saturated rings. The molecule has 39 heavy (non-hydrogen) atoms. The predicted octanol–water partition coefficient (Wildman–Crippen LogP) is 5.80. The molecule has 0 aliphatic heterocycles. The average Bonchev–Trinajstić information content (AvgIpc) is 2.90. The van der Waals surface area contributed by atoms with Gasteiger partial charge < -0.3 is 15.2 Å². The quantitative estimate of drug-likeness (QED) is 0.252. The van der Waals surface area contributed by atoms with E-state index in [0.29, 0.717) is 51.7 Å². The summed E-state index contributed by atoms with van der Waals surface area (Å²) in [4.78, 5) is 24.0. The van der Waals surface area contributed by atoms with Crippen LogP contribution in [0.1, 0.15) is 21.5 Å². The van der Waals surface area contributed by atoms with E-state index in [0.717, 1.165) is 11.8 Å². The highest BCUT2D eigenvalue weighted by molar-refractivity contribution is 7.90. The zero-order chi connectivity index (χ0) is 28.0. The van der Waals surface area contributed by atoms with Gasteiger partial charge in [-0.15, -0.1) is 0 Å². The van der Waals surface area contributed by atoms with Crippen molar-refractivity contribution in [2.45, 2.75) is 17.7 Å². The molecule has 4 rings (SSSR count). The molecule has 2 N–H and O–H groups in total. The van der Waals surface area contributed by atoms with E-state index in [9.17, 15) is 23.1 Å². The third kappa shape index (κ3) is 7.69. The number of hydrogen-bond donors (Lipinski definition) is 2. The molecule has 0 spiro atoms. The number of sulfone groups is 1. The molecular formula is C30H26ClNO6S. The lowest BCUT2D eigenvalue weighted by Crippen LogP contribution is -2.25. The molecule has 4 aromatic carbocycles. The standard InChI is InChI=1S/C30H26ClNO6S/c1-39(36,37)26-13-7-22(8-14-26)27-18-21(19-29(33)34)4-15-28(27)38-25-11-5-23(6-12-25)30(35)32-17-16-20-2-9-24(31)10-3-20/h2-15,18H,16-17,19H2,1H3,(H,32,35)(H,33,34). The Morgan fingerprint density at radius 3 is 2.13 bits per heavy atom. The van der Waals surface area contributed by atoms with E-state index in [1.54, 1.807) is 54.6 Å². The Kier molecular flexibility index (Phi) is 8.69. The first-order chi connectivity index (χ1) is 18.6. The molecule has 0 saturated carbocycles.